The van der Waals surface area contributed by atoms with Crippen molar-refractivity contribution >= 4 is 5.91 Å². The molecule has 0 aliphatic heterocycles. The summed E-state index contributed by atoms with van der Waals surface area (Å²) in [6.45, 7) is 0.231. The quantitative estimate of drug-likeness (QED) is 0.533. The van der Waals surface area contributed by atoms with Gasteiger partial charge in [0.2, 0.25) is 5.91 Å². The highest BCUT2D eigenvalue weighted by Crippen LogP contribution is 2.27. The molecule has 0 aliphatic carbocycles. The number of aromatic nitrogens is 2. The van der Waals surface area contributed by atoms with E-state index in [2.05, 4.69) is 10.4 Å². The molecule has 0 spiro atoms. The molecule has 1 amide bonds. The smallest absolute Gasteiger partial charge is 0.270 e. The maximum atomic E-state index is 12.9. The predicted octanol–water partition coefficient (Wildman–Crippen LogP) is 2.82. The third-order valence-electron chi connectivity index (χ3n) is 4.72. The molecule has 0 saturated heterocycles. The standard InChI is InChI=1S/C23H24FN3O4/c1-30-19-11-7-17(8-12-19)23-20(31-2)14-22(29)27(26-23)15-21(28)25-13-3-4-16-5-9-18(24)10-6-16/h5-12,14H,3-4,13,15H2,1-2H3,(H,25,28). The van der Waals surface area contributed by atoms with Crippen molar-refractivity contribution in [2.45, 2.75) is 19.4 Å². The number of rotatable bonds is 9. The molecule has 1 N–H and O–H groups in total. The Labute approximate surface area is 179 Å². The van der Waals surface area contributed by atoms with Crippen molar-refractivity contribution in [2.24, 2.45) is 0 Å². The molecule has 0 saturated carbocycles. The van der Waals surface area contributed by atoms with E-state index in [0.29, 0.717) is 36.6 Å². The van der Waals surface area contributed by atoms with Crippen LogP contribution in [0.3, 0.4) is 0 Å². The van der Waals surface area contributed by atoms with Gasteiger partial charge in [0.1, 0.15) is 23.8 Å². The highest BCUT2D eigenvalue weighted by molar-refractivity contribution is 5.75. The van der Waals surface area contributed by atoms with Crippen LogP contribution < -0.4 is 20.3 Å². The summed E-state index contributed by atoms with van der Waals surface area (Å²) in [7, 11) is 3.04. The summed E-state index contributed by atoms with van der Waals surface area (Å²) < 4.78 is 24.5. The van der Waals surface area contributed by atoms with Gasteiger partial charge in [-0.1, -0.05) is 12.1 Å². The monoisotopic (exact) mass is 425 g/mol. The third-order valence-corrected chi connectivity index (χ3v) is 4.72. The Kier molecular flexibility index (Phi) is 7.37. The fourth-order valence-corrected chi connectivity index (χ4v) is 3.06. The van der Waals surface area contributed by atoms with Crippen LogP contribution in [-0.2, 0) is 17.8 Å². The van der Waals surface area contributed by atoms with Crippen molar-refractivity contribution < 1.29 is 18.7 Å². The van der Waals surface area contributed by atoms with Crippen molar-refractivity contribution in [3.8, 4) is 22.8 Å². The number of hydrogen-bond donors (Lipinski definition) is 1. The number of carbonyl (C=O) groups is 1. The molecular weight excluding hydrogens is 401 g/mol. The molecule has 0 aliphatic rings. The second-order valence-corrected chi connectivity index (χ2v) is 6.87. The van der Waals surface area contributed by atoms with Crippen LogP contribution in [0.1, 0.15) is 12.0 Å². The van der Waals surface area contributed by atoms with Crippen LogP contribution in [0.2, 0.25) is 0 Å². The molecule has 1 heterocycles. The van der Waals surface area contributed by atoms with E-state index in [4.69, 9.17) is 9.47 Å². The third kappa shape index (κ3) is 5.91. The Bertz CT molecular complexity index is 1080. The minimum absolute atomic E-state index is 0.206. The molecule has 0 fully saturated rings. The number of benzene rings is 2. The lowest BCUT2D eigenvalue weighted by atomic mass is 10.1. The Morgan fingerprint density at radius 2 is 1.77 bits per heavy atom. The molecule has 0 bridgehead atoms. The van der Waals surface area contributed by atoms with Crippen LogP contribution in [0, 0.1) is 5.82 Å². The average molecular weight is 425 g/mol. The van der Waals surface area contributed by atoms with E-state index in [9.17, 15) is 14.0 Å². The minimum atomic E-state index is -0.435. The molecule has 1 aromatic heterocycles. The van der Waals surface area contributed by atoms with Gasteiger partial charge in [0.05, 0.1) is 14.2 Å². The SMILES string of the molecule is COc1ccc(-c2nn(CC(=O)NCCCc3ccc(F)cc3)c(=O)cc2OC)cc1. The lowest BCUT2D eigenvalue weighted by Gasteiger charge is -2.12. The van der Waals surface area contributed by atoms with Gasteiger partial charge < -0.3 is 14.8 Å². The van der Waals surface area contributed by atoms with Crippen molar-refractivity contribution in [3.63, 3.8) is 0 Å². The molecule has 162 valence electrons. The summed E-state index contributed by atoms with van der Waals surface area (Å²) in [5.74, 6) is 0.422. The number of aryl methyl sites for hydroxylation is 1. The van der Waals surface area contributed by atoms with E-state index in [1.165, 1.54) is 25.3 Å². The van der Waals surface area contributed by atoms with Gasteiger partial charge in [-0.15, -0.1) is 0 Å². The number of methoxy groups -OCH3 is 2. The fourth-order valence-electron chi connectivity index (χ4n) is 3.06. The van der Waals surface area contributed by atoms with E-state index in [1.807, 2.05) is 0 Å². The molecule has 31 heavy (non-hydrogen) atoms. The Morgan fingerprint density at radius 1 is 1.06 bits per heavy atom. The van der Waals surface area contributed by atoms with Crippen LogP contribution in [0.5, 0.6) is 11.5 Å². The first-order valence-electron chi connectivity index (χ1n) is 9.82. The first kappa shape index (κ1) is 22.0. The van der Waals surface area contributed by atoms with Gasteiger partial charge in [0.25, 0.3) is 5.56 Å². The fraction of sp³-hybridized carbons (Fsp3) is 0.261. The molecule has 3 rings (SSSR count). The zero-order chi connectivity index (χ0) is 22.2. The van der Waals surface area contributed by atoms with Crippen LogP contribution in [0.15, 0.2) is 59.4 Å². The number of ether oxygens (including phenoxy) is 2. The maximum absolute atomic E-state index is 12.9. The summed E-state index contributed by atoms with van der Waals surface area (Å²) in [5.41, 5.74) is 1.74. The number of halogens is 1. The van der Waals surface area contributed by atoms with Crippen molar-refractivity contribution in [1.82, 2.24) is 15.1 Å². The Balaban J connectivity index is 1.63. The number of nitrogens with zero attached hydrogens (tertiary/aromatic N) is 2. The zero-order valence-corrected chi connectivity index (χ0v) is 17.4. The van der Waals surface area contributed by atoms with Gasteiger partial charge in [-0.3, -0.25) is 9.59 Å². The van der Waals surface area contributed by atoms with Gasteiger partial charge >= 0.3 is 0 Å². The molecule has 8 heteroatoms. The van der Waals surface area contributed by atoms with Gasteiger partial charge in [-0.05, 0) is 54.8 Å². The lowest BCUT2D eigenvalue weighted by molar-refractivity contribution is -0.121. The van der Waals surface area contributed by atoms with Gasteiger partial charge in [0.15, 0.2) is 5.75 Å². The van der Waals surface area contributed by atoms with Crippen molar-refractivity contribution in [1.29, 1.82) is 0 Å². The van der Waals surface area contributed by atoms with Gasteiger partial charge in [0, 0.05) is 18.2 Å². The zero-order valence-electron chi connectivity index (χ0n) is 17.4. The Morgan fingerprint density at radius 3 is 2.42 bits per heavy atom. The minimum Gasteiger partial charge on any atom is -0.497 e. The molecule has 0 atom stereocenters. The summed E-state index contributed by atoms with van der Waals surface area (Å²) in [6, 6.07) is 14.7. The Hall–Kier alpha value is -3.68. The van der Waals surface area contributed by atoms with Crippen molar-refractivity contribution in [3.05, 3.63) is 76.3 Å². The normalized spacial score (nSPS) is 10.5. The largest absolute Gasteiger partial charge is 0.497 e. The van der Waals surface area contributed by atoms with E-state index < -0.39 is 5.56 Å². The van der Waals surface area contributed by atoms with Gasteiger partial charge in [-0.25, -0.2) is 9.07 Å². The molecule has 2 aromatic carbocycles. The topological polar surface area (TPSA) is 82.5 Å². The van der Waals surface area contributed by atoms with Crippen LogP contribution >= 0.6 is 0 Å². The average Bonchev–Trinajstić information content (AvgIpc) is 2.79. The number of carbonyl (C=O) groups excluding carboxylic acids is 1. The first-order valence-corrected chi connectivity index (χ1v) is 9.82. The first-order chi connectivity index (χ1) is 15.0. The predicted molar refractivity (Wildman–Crippen MR) is 115 cm³/mol. The van der Waals surface area contributed by atoms with E-state index in [1.54, 1.807) is 43.5 Å². The summed E-state index contributed by atoms with van der Waals surface area (Å²) in [6.07, 6.45) is 1.41. The lowest BCUT2D eigenvalue weighted by Crippen LogP contribution is -2.34. The molecule has 3 aromatic rings. The van der Waals surface area contributed by atoms with Crippen molar-refractivity contribution in [2.75, 3.05) is 20.8 Å². The van der Waals surface area contributed by atoms with Crippen LogP contribution in [0.4, 0.5) is 4.39 Å². The number of hydrogen-bond acceptors (Lipinski definition) is 5. The second kappa shape index (κ2) is 10.4. The molecule has 0 radical (unpaired) electrons. The number of amides is 1. The summed E-state index contributed by atoms with van der Waals surface area (Å²) >= 11 is 0. The molecule has 7 nitrogen and oxygen atoms in total. The van der Waals surface area contributed by atoms with Crippen LogP contribution in [0.25, 0.3) is 11.3 Å². The number of nitrogens with one attached hydrogen (secondary N) is 1. The molecular formula is C23H24FN3O4. The van der Waals surface area contributed by atoms with E-state index in [-0.39, 0.29) is 18.3 Å². The highest BCUT2D eigenvalue weighted by atomic mass is 19.1. The second-order valence-electron chi connectivity index (χ2n) is 6.87. The maximum Gasteiger partial charge on any atom is 0.270 e. The van der Waals surface area contributed by atoms with E-state index in [0.717, 1.165) is 15.8 Å². The van der Waals surface area contributed by atoms with Gasteiger partial charge in [-0.2, -0.15) is 5.10 Å². The van der Waals surface area contributed by atoms with Crippen LogP contribution in [-0.4, -0.2) is 36.5 Å². The summed E-state index contributed by atoms with van der Waals surface area (Å²) in [5, 5.41) is 7.12. The van der Waals surface area contributed by atoms with E-state index >= 15 is 0 Å². The molecule has 0 unspecified atom stereocenters. The highest BCUT2D eigenvalue weighted by Gasteiger charge is 2.14. The summed E-state index contributed by atoms with van der Waals surface area (Å²) in [4.78, 5) is 24.6.